The minimum absolute atomic E-state index is 0.0338. The van der Waals surface area contributed by atoms with Crippen LogP contribution in [0.4, 0.5) is 0 Å². The maximum Gasteiger partial charge on any atom is 0.254 e. The van der Waals surface area contributed by atoms with Gasteiger partial charge in [0.1, 0.15) is 5.75 Å². The molecule has 7 heteroatoms. The average molecular weight is 392 g/mol. The summed E-state index contributed by atoms with van der Waals surface area (Å²) < 4.78 is 10.6. The fourth-order valence-electron chi connectivity index (χ4n) is 3.44. The van der Waals surface area contributed by atoms with E-state index in [9.17, 15) is 4.79 Å². The van der Waals surface area contributed by atoms with Gasteiger partial charge in [0, 0.05) is 38.2 Å². The number of ether oxygens (including phenoxy) is 1. The number of carbonyl (C=O) groups is 1. The lowest BCUT2D eigenvalue weighted by molar-refractivity contribution is 0.0614. The summed E-state index contributed by atoms with van der Waals surface area (Å²) >= 11 is 0. The molecule has 4 rings (SSSR count). The predicted octanol–water partition coefficient (Wildman–Crippen LogP) is 2.63. The maximum absolute atomic E-state index is 12.7. The first-order valence-corrected chi connectivity index (χ1v) is 9.72. The van der Waals surface area contributed by atoms with Crippen molar-refractivity contribution in [3.05, 3.63) is 77.4 Å². The Morgan fingerprint density at radius 2 is 1.86 bits per heavy atom. The van der Waals surface area contributed by atoms with Gasteiger partial charge in [0.05, 0.1) is 13.7 Å². The molecule has 29 heavy (non-hydrogen) atoms. The van der Waals surface area contributed by atoms with E-state index in [0.717, 1.165) is 18.7 Å². The summed E-state index contributed by atoms with van der Waals surface area (Å²) in [5.41, 5.74) is 1.81. The summed E-state index contributed by atoms with van der Waals surface area (Å²) in [6, 6.07) is 17.4. The molecule has 1 aliphatic rings. The van der Waals surface area contributed by atoms with Gasteiger partial charge in [-0.05, 0) is 23.8 Å². The van der Waals surface area contributed by atoms with Crippen LogP contribution in [-0.2, 0) is 13.0 Å². The molecule has 0 unspecified atom stereocenters. The van der Waals surface area contributed by atoms with E-state index in [-0.39, 0.29) is 5.91 Å². The highest BCUT2D eigenvalue weighted by molar-refractivity contribution is 5.94. The van der Waals surface area contributed by atoms with Crippen LogP contribution in [0.25, 0.3) is 0 Å². The highest BCUT2D eigenvalue weighted by Crippen LogP contribution is 2.16. The van der Waals surface area contributed by atoms with Crippen molar-refractivity contribution >= 4 is 5.91 Å². The minimum Gasteiger partial charge on any atom is -0.497 e. The monoisotopic (exact) mass is 392 g/mol. The molecule has 1 amide bonds. The molecule has 3 aromatic rings. The van der Waals surface area contributed by atoms with E-state index >= 15 is 0 Å². The van der Waals surface area contributed by atoms with Gasteiger partial charge >= 0.3 is 0 Å². The maximum atomic E-state index is 12.7. The van der Waals surface area contributed by atoms with E-state index in [4.69, 9.17) is 9.26 Å². The highest BCUT2D eigenvalue weighted by atomic mass is 16.5. The van der Waals surface area contributed by atoms with E-state index in [2.05, 4.69) is 27.2 Å². The van der Waals surface area contributed by atoms with Gasteiger partial charge in [0.25, 0.3) is 5.91 Å². The Bertz CT molecular complexity index is 949. The number of nitrogens with zero attached hydrogens (tertiary/aromatic N) is 4. The Morgan fingerprint density at radius 3 is 2.62 bits per heavy atom. The minimum atomic E-state index is 0.0338. The van der Waals surface area contributed by atoms with Gasteiger partial charge in [0.2, 0.25) is 5.89 Å². The lowest BCUT2D eigenvalue weighted by Gasteiger charge is -2.34. The number of hydrogen-bond acceptors (Lipinski definition) is 6. The van der Waals surface area contributed by atoms with Gasteiger partial charge in [0.15, 0.2) is 5.82 Å². The number of piperazine rings is 1. The number of benzene rings is 2. The largest absolute Gasteiger partial charge is 0.497 e. The first kappa shape index (κ1) is 19.1. The van der Waals surface area contributed by atoms with Crippen LogP contribution in [0.1, 0.15) is 27.6 Å². The van der Waals surface area contributed by atoms with Crippen LogP contribution in [0, 0.1) is 0 Å². The summed E-state index contributed by atoms with van der Waals surface area (Å²) in [6.07, 6.45) is 0.660. The van der Waals surface area contributed by atoms with E-state index < -0.39 is 0 Å². The van der Waals surface area contributed by atoms with Crippen molar-refractivity contribution in [2.24, 2.45) is 0 Å². The van der Waals surface area contributed by atoms with Crippen LogP contribution in [0.15, 0.2) is 59.1 Å². The molecular formula is C22H24N4O3. The van der Waals surface area contributed by atoms with E-state index in [1.54, 1.807) is 13.2 Å². The molecule has 1 aliphatic heterocycles. The molecule has 0 bridgehead atoms. The quantitative estimate of drug-likeness (QED) is 0.642. The molecule has 0 atom stereocenters. The van der Waals surface area contributed by atoms with Crippen molar-refractivity contribution in [3.63, 3.8) is 0 Å². The molecule has 0 radical (unpaired) electrons. The number of aromatic nitrogens is 2. The second-order valence-corrected chi connectivity index (χ2v) is 7.07. The number of hydrogen-bond donors (Lipinski definition) is 0. The van der Waals surface area contributed by atoms with Crippen molar-refractivity contribution in [2.45, 2.75) is 13.0 Å². The van der Waals surface area contributed by atoms with E-state index in [1.807, 2.05) is 41.3 Å². The van der Waals surface area contributed by atoms with Gasteiger partial charge in [-0.2, -0.15) is 4.98 Å². The smallest absolute Gasteiger partial charge is 0.254 e. The molecular weight excluding hydrogens is 368 g/mol. The number of amides is 1. The molecule has 2 aromatic carbocycles. The predicted molar refractivity (Wildman–Crippen MR) is 108 cm³/mol. The summed E-state index contributed by atoms with van der Waals surface area (Å²) in [5, 5.41) is 4.09. The van der Waals surface area contributed by atoms with Crippen molar-refractivity contribution in [2.75, 3.05) is 33.3 Å². The molecule has 150 valence electrons. The van der Waals surface area contributed by atoms with Crippen LogP contribution in [0.5, 0.6) is 5.75 Å². The second-order valence-electron chi connectivity index (χ2n) is 7.07. The third kappa shape index (κ3) is 4.81. The van der Waals surface area contributed by atoms with Crippen LogP contribution in [-0.4, -0.2) is 59.1 Å². The molecule has 1 aromatic heterocycles. The van der Waals surface area contributed by atoms with Crippen molar-refractivity contribution in [3.8, 4) is 5.75 Å². The molecule has 0 saturated carbocycles. The zero-order chi connectivity index (χ0) is 20.1. The van der Waals surface area contributed by atoms with Crippen LogP contribution < -0.4 is 4.74 Å². The lowest BCUT2D eigenvalue weighted by atomic mass is 10.1. The van der Waals surface area contributed by atoms with Crippen molar-refractivity contribution < 1.29 is 14.1 Å². The van der Waals surface area contributed by atoms with Gasteiger partial charge in [-0.25, -0.2) is 0 Å². The van der Waals surface area contributed by atoms with Gasteiger partial charge in [-0.15, -0.1) is 0 Å². The third-order valence-electron chi connectivity index (χ3n) is 5.05. The molecule has 1 fully saturated rings. The Labute approximate surface area is 169 Å². The second kappa shape index (κ2) is 8.87. The highest BCUT2D eigenvalue weighted by Gasteiger charge is 2.23. The fourth-order valence-corrected chi connectivity index (χ4v) is 3.44. The molecule has 2 heterocycles. The first-order valence-electron chi connectivity index (χ1n) is 9.72. The van der Waals surface area contributed by atoms with Crippen LogP contribution in [0.2, 0.25) is 0 Å². The zero-order valence-electron chi connectivity index (χ0n) is 16.5. The van der Waals surface area contributed by atoms with Crippen molar-refractivity contribution in [1.29, 1.82) is 0 Å². The molecule has 1 saturated heterocycles. The SMILES string of the molecule is COc1cccc(C(=O)N2CCN(Cc3nc(Cc4ccccc4)no3)CC2)c1. The van der Waals surface area contributed by atoms with Crippen LogP contribution >= 0.6 is 0 Å². The van der Waals surface area contributed by atoms with E-state index in [0.29, 0.717) is 49.1 Å². The molecule has 0 aliphatic carbocycles. The van der Waals surface area contributed by atoms with Crippen LogP contribution in [0.3, 0.4) is 0 Å². The Hall–Kier alpha value is -3.19. The van der Waals surface area contributed by atoms with Gasteiger partial charge in [-0.3, -0.25) is 9.69 Å². The summed E-state index contributed by atoms with van der Waals surface area (Å²) in [7, 11) is 1.60. The lowest BCUT2D eigenvalue weighted by Crippen LogP contribution is -2.48. The summed E-state index contributed by atoms with van der Waals surface area (Å²) in [4.78, 5) is 21.3. The Morgan fingerprint density at radius 1 is 1.07 bits per heavy atom. The number of carbonyl (C=O) groups excluding carboxylic acids is 1. The van der Waals surface area contributed by atoms with E-state index in [1.165, 1.54) is 0 Å². The zero-order valence-corrected chi connectivity index (χ0v) is 16.5. The third-order valence-corrected chi connectivity index (χ3v) is 5.05. The standard InChI is InChI=1S/C22H24N4O3/c1-28-19-9-5-8-18(15-19)22(27)26-12-10-25(11-13-26)16-21-23-20(24-29-21)14-17-6-3-2-4-7-17/h2-9,15H,10-14,16H2,1H3. The summed E-state index contributed by atoms with van der Waals surface area (Å²) in [6.45, 7) is 3.48. The Balaban J connectivity index is 1.29. The topological polar surface area (TPSA) is 71.7 Å². The normalized spacial score (nSPS) is 14.7. The molecule has 0 N–H and O–H groups in total. The number of methoxy groups -OCH3 is 1. The first-order chi connectivity index (χ1) is 14.2. The van der Waals surface area contributed by atoms with Gasteiger partial charge < -0.3 is 14.2 Å². The summed E-state index contributed by atoms with van der Waals surface area (Å²) in [5.74, 6) is 2.03. The van der Waals surface area contributed by atoms with Gasteiger partial charge in [-0.1, -0.05) is 41.6 Å². The fraction of sp³-hybridized carbons (Fsp3) is 0.318. The Kier molecular flexibility index (Phi) is 5.86. The molecule has 7 nitrogen and oxygen atoms in total. The number of rotatable bonds is 6. The average Bonchev–Trinajstić information content (AvgIpc) is 3.21. The molecule has 0 spiro atoms. The van der Waals surface area contributed by atoms with Crippen molar-refractivity contribution in [1.82, 2.24) is 19.9 Å².